The number of anilines is 1. The molecule has 0 aromatic heterocycles. The van der Waals surface area contributed by atoms with Crippen molar-refractivity contribution in [2.24, 2.45) is 0 Å². The van der Waals surface area contributed by atoms with Crippen LogP contribution >= 0.6 is 0 Å². The smallest absolute Gasteiger partial charge is 0.0361 e. The van der Waals surface area contributed by atoms with Gasteiger partial charge in [-0.2, -0.15) is 0 Å². The van der Waals surface area contributed by atoms with Gasteiger partial charge in [-0.15, -0.1) is 0 Å². The lowest BCUT2D eigenvalue weighted by molar-refractivity contribution is 0.394. The van der Waals surface area contributed by atoms with Gasteiger partial charge < -0.3 is 15.1 Å². The Morgan fingerprint density at radius 2 is 1.65 bits per heavy atom. The van der Waals surface area contributed by atoms with E-state index in [1.807, 2.05) is 0 Å². The summed E-state index contributed by atoms with van der Waals surface area (Å²) in [5.41, 5.74) is 2.60. The summed E-state index contributed by atoms with van der Waals surface area (Å²) in [6.45, 7) is 3.18. The van der Waals surface area contributed by atoms with Crippen LogP contribution in [0.4, 0.5) is 5.69 Å². The van der Waals surface area contributed by atoms with Gasteiger partial charge in [-0.25, -0.2) is 0 Å². The molecular formula is C14H25N3. The Labute approximate surface area is 105 Å². The molecule has 0 aliphatic carbocycles. The van der Waals surface area contributed by atoms with Crippen molar-refractivity contribution in [1.82, 2.24) is 10.2 Å². The Kier molecular flexibility index (Phi) is 6.01. The van der Waals surface area contributed by atoms with Crippen molar-refractivity contribution in [2.75, 3.05) is 46.2 Å². The molecule has 0 fully saturated rings. The third kappa shape index (κ3) is 5.71. The van der Waals surface area contributed by atoms with Crippen LogP contribution in [0.15, 0.2) is 24.3 Å². The zero-order chi connectivity index (χ0) is 12.7. The number of hydrogen-bond donors (Lipinski definition) is 1. The van der Waals surface area contributed by atoms with Gasteiger partial charge in [-0.3, -0.25) is 0 Å². The van der Waals surface area contributed by atoms with Gasteiger partial charge >= 0.3 is 0 Å². The molecule has 0 aliphatic heterocycles. The van der Waals surface area contributed by atoms with Crippen LogP contribution in [0.2, 0.25) is 0 Å². The Morgan fingerprint density at radius 1 is 1.00 bits per heavy atom. The lowest BCUT2D eigenvalue weighted by Crippen LogP contribution is -2.21. The maximum Gasteiger partial charge on any atom is 0.0361 e. The first-order valence-corrected chi connectivity index (χ1v) is 6.21. The predicted molar refractivity (Wildman–Crippen MR) is 75.6 cm³/mol. The molecule has 0 atom stereocenters. The molecule has 3 nitrogen and oxygen atoms in total. The largest absolute Gasteiger partial charge is 0.378 e. The Hall–Kier alpha value is -1.06. The molecule has 0 saturated heterocycles. The molecule has 0 spiro atoms. The maximum absolute atomic E-state index is 3.47. The quantitative estimate of drug-likeness (QED) is 0.727. The number of hydrogen-bond acceptors (Lipinski definition) is 3. The summed E-state index contributed by atoms with van der Waals surface area (Å²) in [6, 6.07) is 8.70. The SMILES string of the molecule is CN(C)CCCNCc1ccc(N(C)C)cc1. The van der Waals surface area contributed by atoms with Gasteiger partial charge in [0.1, 0.15) is 0 Å². The maximum atomic E-state index is 3.47. The fourth-order valence-corrected chi connectivity index (χ4v) is 1.66. The van der Waals surface area contributed by atoms with Crippen molar-refractivity contribution in [3.8, 4) is 0 Å². The van der Waals surface area contributed by atoms with Crippen molar-refractivity contribution in [3.63, 3.8) is 0 Å². The van der Waals surface area contributed by atoms with E-state index in [0.717, 1.165) is 19.6 Å². The van der Waals surface area contributed by atoms with Crippen LogP contribution in [0.3, 0.4) is 0 Å². The summed E-state index contributed by atoms with van der Waals surface area (Å²) in [5, 5.41) is 3.47. The first kappa shape index (κ1) is 14.0. The molecule has 0 bridgehead atoms. The van der Waals surface area contributed by atoms with Crippen molar-refractivity contribution < 1.29 is 0 Å². The second-order valence-corrected chi connectivity index (χ2v) is 4.89. The van der Waals surface area contributed by atoms with Gasteiger partial charge in [0, 0.05) is 26.3 Å². The van der Waals surface area contributed by atoms with Crippen molar-refractivity contribution in [2.45, 2.75) is 13.0 Å². The van der Waals surface area contributed by atoms with E-state index in [0.29, 0.717) is 0 Å². The number of rotatable bonds is 7. The van der Waals surface area contributed by atoms with Crippen LogP contribution in [-0.2, 0) is 6.54 Å². The molecule has 0 unspecified atom stereocenters. The Morgan fingerprint density at radius 3 is 2.18 bits per heavy atom. The fourth-order valence-electron chi connectivity index (χ4n) is 1.66. The Balaban J connectivity index is 2.23. The minimum atomic E-state index is 0.959. The highest BCUT2D eigenvalue weighted by atomic mass is 15.1. The van der Waals surface area contributed by atoms with E-state index < -0.39 is 0 Å². The van der Waals surface area contributed by atoms with Crippen LogP contribution in [-0.4, -0.2) is 46.2 Å². The predicted octanol–water partition coefficient (Wildman–Crippen LogP) is 1.79. The first-order chi connectivity index (χ1) is 8.09. The third-order valence-corrected chi connectivity index (χ3v) is 2.74. The summed E-state index contributed by atoms with van der Waals surface area (Å²) in [7, 11) is 8.35. The van der Waals surface area contributed by atoms with Gasteiger partial charge in [0.05, 0.1) is 0 Å². The third-order valence-electron chi connectivity index (χ3n) is 2.74. The average molecular weight is 235 g/mol. The summed E-state index contributed by atoms with van der Waals surface area (Å²) in [5.74, 6) is 0. The summed E-state index contributed by atoms with van der Waals surface area (Å²) in [6.07, 6.45) is 1.20. The van der Waals surface area contributed by atoms with E-state index in [-0.39, 0.29) is 0 Å². The minimum Gasteiger partial charge on any atom is -0.378 e. The number of nitrogens with zero attached hydrogens (tertiary/aromatic N) is 2. The molecule has 1 aromatic rings. The summed E-state index contributed by atoms with van der Waals surface area (Å²) in [4.78, 5) is 4.34. The van der Waals surface area contributed by atoms with E-state index in [1.165, 1.54) is 17.7 Å². The van der Waals surface area contributed by atoms with Crippen LogP contribution in [0.5, 0.6) is 0 Å². The molecule has 0 radical (unpaired) electrons. The van der Waals surface area contributed by atoms with Crippen molar-refractivity contribution >= 4 is 5.69 Å². The van der Waals surface area contributed by atoms with Gasteiger partial charge in [0.15, 0.2) is 0 Å². The summed E-state index contributed by atoms with van der Waals surface area (Å²) < 4.78 is 0. The molecule has 0 saturated carbocycles. The van der Waals surface area contributed by atoms with Crippen LogP contribution in [0.25, 0.3) is 0 Å². The van der Waals surface area contributed by atoms with E-state index in [1.54, 1.807) is 0 Å². The highest BCUT2D eigenvalue weighted by Crippen LogP contribution is 2.11. The van der Waals surface area contributed by atoms with E-state index in [4.69, 9.17) is 0 Å². The Bertz CT molecular complexity index is 304. The molecule has 3 heteroatoms. The fraction of sp³-hybridized carbons (Fsp3) is 0.571. The van der Waals surface area contributed by atoms with Crippen molar-refractivity contribution in [3.05, 3.63) is 29.8 Å². The molecular weight excluding hydrogens is 210 g/mol. The number of nitrogens with one attached hydrogen (secondary N) is 1. The minimum absolute atomic E-state index is 0.959. The van der Waals surface area contributed by atoms with E-state index >= 15 is 0 Å². The molecule has 1 aromatic carbocycles. The molecule has 0 heterocycles. The van der Waals surface area contributed by atoms with Crippen LogP contribution in [0.1, 0.15) is 12.0 Å². The lowest BCUT2D eigenvalue weighted by atomic mass is 10.2. The molecule has 1 rings (SSSR count). The molecule has 17 heavy (non-hydrogen) atoms. The molecule has 0 aliphatic rings. The standard InChI is InChI=1S/C14H25N3/c1-16(2)11-5-10-15-12-13-6-8-14(9-7-13)17(3)4/h6-9,15H,5,10-12H2,1-4H3. The van der Waals surface area contributed by atoms with Gasteiger partial charge in [-0.05, 0) is 51.3 Å². The topological polar surface area (TPSA) is 18.5 Å². The highest BCUT2D eigenvalue weighted by molar-refractivity contribution is 5.45. The van der Waals surface area contributed by atoms with Gasteiger partial charge in [-0.1, -0.05) is 12.1 Å². The molecule has 1 N–H and O–H groups in total. The normalized spacial score (nSPS) is 10.9. The van der Waals surface area contributed by atoms with Crippen LogP contribution < -0.4 is 10.2 Å². The van der Waals surface area contributed by atoms with Crippen LogP contribution in [0, 0.1) is 0 Å². The zero-order valence-electron chi connectivity index (χ0n) is 11.5. The number of benzene rings is 1. The molecule has 96 valence electrons. The van der Waals surface area contributed by atoms with E-state index in [9.17, 15) is 0 Å². The summed E-state index contributed by atoms with van der Waals surface area (Å²) >= 11 is 0. The van der Waals surface area contributed by atoms with Gasteiger partial charge in [0.25, 0.3) is 0 Å². The van der Waals surface area contributed by atoms with E-state index in [2.05, 4.69) is 67.6 Å². The molecule has 0 amide bonds. The highest BCUT2D eigenvalue weighted by Gasteiger charge is 1.96. The second-order valence-electron chi connectivity index (χ2n) is 4.89. The van der Waals surface area contributed by atoms with Crippen molar-refractivity contribution in [1.29, 1.82) is 0 Å². The lowest BCUT2D eigenvalue weighted by Gasteiger charge is -2.13. The van der Waals surface area contributed by atoms with Gasteiger partial charge in [0.2, 0.25) is 0 Å². The second kappa shape index (κ2) is 7.30. The zero-order valence-corrected chi connectivity index (χ0v) is 11.5. The average Bonchev–Trinajstić information content (AvgIpc) is 2.29. The first-order valence-electron chi connectivity index (χ1n) is 6.21. The monoisotopic (exact) mass is 235 g/mol.